The highest BCUT2D eigenvalue weighted by atomic mass is 32.2. The minimum absolute atomic E-state index is 0.0766. The van der Waals surface area contributed by atoms with Gasteiger partial charge in [-0.25, -0.2) is 14.6 Å². The van der Waals surface area contributed by atoms with Crippen molar-refractivity contribution >= 4 is 34.5 Å². The first-order valence-corrected chi connectivity index (χ1v) is 13.2. The number of carbonyl (C=O) groups is 1. The summed E-state index contributed by atoms with van der Waals surface area (Å²) >= 11 is 1.60. The highest BCUT2D eigenvalue weighted by molar-refractivity contribution is 7.99. The number of hydrogen-bond donors (Lipinski definition) is 2. The van der Waals surface area contributed by atoms with Crippen LogP contribution in [0, 0.1) is 0 Å². The van der Waals surface area contributed by atoms with Gasteiger partial charge in [-0.1, -0.05) is 62.0 Å². The molecule has 10 heteroatoms. The number of carbonyl (C=O) groups excluding carboxylic acids is 1. The second-order valence-corrected chi connectivity index (χ2v) is 10.5. The average molecular weight is 519 g/mol. The third-order valence-electron chi connectivity index (χ3n) is 5.98. The molecule has 1 aliphatic rings. The molecular weight excluding hydrogens is 488 g/mol. The van der Waals surface area contributed by atoms with Crippen LogP contribution in [0.15, 0.2) is 59.9 Å². The van der Waals surface area contributed by atoms with Crippen LogP contribution in [0.2, 0.25) is 0 Å². The van der Waals surface area contributed by atoms with E-state index in [1.165, 1.54) is 0 Å². The Labute approximate surface area is 220 Å². The van der Waals surface area contributed by atoms with Crippen LogP contribution >= 0.6 is 11.8 Å². The van der Waals surface area contributed by atoms with Crippen LogP contribution in [-0.4, -0.2) is 57.7 Å². The Morgan fingerprint density at radius 2 is 1.78 bits per heavy atom. The summed E-state index contributed by atoms with van der Waals surface area (Å²) in [7, 11) is 1.67. The van der Waals surface area contributed by atoms with Crippen molar-refractivity contribution in [2.75, 3.05) is 32.1 Å². The summed E-state index contributed by atoms with van der Waals surface area (Å²) in [5, 5.41) is 12.8. The summed E-state index contributed by atoms with van der Waals surface area (Å²) in [6, 6.07) is 15.4. The number of nitrogens with one attached hydrogen (secondary N) is 2. The number of aromatic nitrogens is 4. The van der Waals surface area contributed by atoms with Crippen LogP contribution in [0.1, 0.15) is 30.9 Å². The predicted octanol–water partition coefficient (Wildman–Crippen LogP) is 4.44. The Balaban J connectivity index is 1.34. The zero-order chi connectivity index (χ0) is 25.8. The zero-order valence-corrected chi connectivity index (χ0v) is 21.9. The molecule has 37 heavy (non-hydrogen) atoms. The Bertz CT molecular complexity index is 1360. The third-order valence-corrected chi connectivity index (χ3v) is 6.85. The molecule has 2 aromatic heterocycles. The highest BCUT2D eigenvalue weighted by Crippen LogP contribution is 2.43. The number of ether oxygens (including phenoxy) is 2. The molecule has 0 radical (unpaired) electrons. The molecule has 3 heterocycles. The second kappa shape index (κ2) is 11.2. The number of rotatable bonds is 10. The second-order valence-electron chi connectivity index (χ2n) is 8.95. The Hall–Kier alpha value is -3.63. The van der Waals surface area contributed by atoms with Crippen molar-refractivity contribution in [1.29, 1.82) is 0 Å². The van der Waals surface area contributed by atoms with Gasteiger partial charge in [0.25, 0.3) is 0 Å². The lowest BCUT2D eigenvalue weighted by Crippen LogP contribution is -2.33. The topological polar surface area (TPSA) is 103 Å². The standard InChI is InChI=1S/C27H30N6O3S/c1-17(2)37-27-31-24(28-13-15-35-3)20-16-30-33(25(20)32-27)14-12-29-26(34)23-18-8-4-6-10-21(18)36-22-11-7-5-9-19(22)23/h4-11,16-17,23H,12-15H2,1-3H3,(H,29,34)(H,28,31,32). The summed E-state index contributed by atoms with van der Waals surface area (Å²) in [6.45, 7) is 6.29. The van der Waals surface area contributed by atoms with Crippen molar-refractivity contribution in [3.05, 3.63) is 65.9 Å². The molecule has 0 unspecified atom stereocenters. The van der Waals surface area contributed by atoms with Crippen LogP contribution in [0.3, 0.4) is 0 Å². The first kappa shape index (κ1) is 25.0. The van der Waals surface area contributed by atoms with Crippen molar-refractivity contribution in [3.8, 4) is 11.5 Å². The summed E-state index contributed by atoms with van der Waals surface area (Å²) in [6.07, 6.45) is 1.76. The lowest BCUT2D eigenvalue weighted by molar-refractivity contribution is -0.121. The number of fused-ring (bicyclic) bond motifs is 3. The Morgan fingerprint density at radius 3 is 2.46 bits per heavy atom. The number of thioether (sulfide) groups is 1. The number of methoxy groups -OCH3 is 1. The van der Waals surface area contributed by atoms with E-state index >= 15 is 0 Å². The van der Waals surface area contributed by atoms with Crippen LogP contribution < -0.4 is 15.4 Å². The molecule has 0 saturated carbocycles. The lowest BCUT2D eigenvalue weighted by Gasteiger charge is -2.27. The molecular formula is C27H30N6O3S. The lowest BCUT2D eigenvalue weighted by atomic mass is 9.87. The minimum Gasteiger partial charge on any atom is -0.457 e. The summed E-state index contributed by atoms with van der Waals surface area (Å²) in [4.78, 5) is 22.9. The number of amides is 1. The zero-order valence-electron chi connectivity index (χ0n) is 21.1. The van der Waals surface area contributed by atoms with E-state index in [0.717, 1.165) is 28.0 Å². The summed E-state index contributed by atoms with van der Waals surface area (Å²) < 4.78 is 13.0. The largest absolute Gasteiger partial charge is 0.457 e. The quantitative estimate of drug-likeness (QED) is 0.180. The summed E-state index contributed by atoms with van der Waals surface area (Å²) in [5.74, 6) is 1.63. The van der Waals surface area contributed by atoms with Gasteiger partial charge >= 0.3 is 0 Å². The number of nitrogens with zero attached hydrogens (tertiary/aromatic N) is 4. The molecule has 1 amide bonds. The maximum Gasteiger partial charge on any atom is 0.232 e. The minimum atomic E-state index is -0.441. The van der Waals surface area contributed by atoms with E-state index in [1.54, 1.807) is 25.1 Å². The van der Waals surface area contributed by atoms with Gasteiger partial charge in [0.2, 0.25) is 5.91 Å². The van der Waals surface area contributed by atoms with Crippen LogP contribution in [-0.2, 0) is 16.1 Å². The van der Waals surface area contributed by atoms with Gasteiger partial charge in [0.1, 0.15) is 17.3 Å². The monoisotopic (exact) mass is 518 g/mol. The van der Waals surface area contributed by atoms with Gasteiger partial charge in [-0.05, 0) is 12.1 Å². The molecule has 0 fully saturated rings. The predicted molar refractivity (Wildman–Crippen MR) is 144 cm³/mol. The molecule has 192 valence electrons. The van der Waals surface area contributed by atoms with Crippen molar-refractivity contribution in [2.45, 2.75) is 36.7 Å². The first-order valence-electron chi connectivity index (χ1n) is 12.3. The molecule has 0 saturated heterocycles. The molecule has 0 spiro atoms. The van der Waals surface area contributed by atoms with E-state index in [1.807, 2.05) is 53.2 Å². The van der Waals surface area contributed by atoms with Crippen LogP contribution in [0.5, 0.6) is 11.5 Å². The normalized spacial score (nSPS) is 12.8. The highest BCUT2D eigenvalue weighted by Gasteiger charge is 2.32. The Morgan fingerprint density at radius 1 is 1.08 bits per heavy atom. The summed E-state index contributed by atoms with van der Waals surface area (Å²) in [5.41, 5.74) is 2.45. The molecule has 0 aliphatic carbocycles. The van der Waals surface area contributed by atoms with E-state index in [0.29, 0.717) is 48.1 Å². The van der Waals surface area contributed by atoms with Gasteiger partial charge in [0, 0.05) is 36.6 Å². The molecule has 2 aromatic carbocycles. The molecule has 4 aromatic rings. The number of hydrogen-bond acceptors (Lipinski definition) is 8. The fourth-order valence-electron chi connectivity index (χ4n) is 4.35. The maximum absolute atomic E-state index is 13.4. The van der Waals surface area contributed by atoms with Gasteiger partial charge in [0.15, 0.2) is 10.8 Å². The molecule has 0 bridgehead atoms. The number of anilines is 1. The molecule has 9 nitrogen and oxygen atoms in total. The van der Waals surface area contributed by atoms with Gasteiger partial charge in [0.05, 0.1) is 30.7 Å². The van der Waals surface area contributed by atoms with E-state index in [2.05, 4.69) is 34.6 Å². The average Bonchev–Trinajstić information content (AvgIpc) is 3.29. The van der Waals surface area contributed by atoms with Crippen LogP contribution in [0.4, 0.5) is 5.82 Å². The smallest absolute Gasteiger partial charge is 0.232 e. The molecule has 0 atom stereocenters. The number of benzene rings is 2. The third kappa shape index (κ3) is 5.40. The van der Waals surface area contributed by atoms with E-state index in [-0.39, 0.29) is 5.91 Å². The van der Waals surface area contributed by atoms with E-state index in [9.17, 15) is 4.79 Å². The van der Waals surface area contributed by atoms with Crippen molar-refractivity contribution < 1.29 is 14.3 Å². The van der Waals surface area contributed by atoms with E-state index < -0.39 is 5.92 Å². The molecule has 2 N–H and O–H groups in total. The van der Waals surface area contributed by atoms with Gasteiger partial charge < -0.3 is 20.1 Å². The van der Waals surface area contributed by atoms with Crippen molar-refractivity contribution in [3.63, 3.8) is 0 Å². The van der Waals surface area contributed by atoms with Gasteiger partial charge in [-0.3, -0.25) is 4.79 Å². The Kier molecular flexibility index (Phi) is 7.57. The van der Waals surface area contributed by atoms with Gasteiger partial charge in [-0.2, -0.15) is 5.10 Å². The van der Waals surface area contributed by atoms with Crippen molar-refractivity contribution in [2.24, 2.45) is 0 Å². The van der Waals surface area contributed by atoms with E-state index in [4.69, 9.17) is 14.5 Å². The van der Waals surface area contributed by atoms with Crippen molar-refractivity contribution in [1.82, 2.24) is 25.1 Å². The molecule has 1 aliphatic heterocycles. The SMILES string of the molecule is COCCNc1nc(SC(C)C)nc2c1cnn2CCNC(=O)C1c2ccccc2Oc2ccccc21. The maximum atomic E-state index is 13.4. The fourth-order valence-corrected chi connectivity index (χ4v) is 5.05. The van der Waals surface area contributed by atoms with Gasteiger partial charge in [-0.15, -0.1) is 0 Å². The molecule has 5 rings (SSSR count). The fraction of sp³-hybridized carbons (Fsp3) is 0.333. The number of para-hydroxylation sites is 2. The first-order chi connectivity index (χ1) is 18.0. The van der Waals surface area contributed by atoms with Crippen LogP contribution in [0.25, 0.3) is 11.0 Å².